The van der Waals surface area contributed by atoms with E-state index in [9.17, 15) is 10.1 Å². The lowest BCUT2D eigenvalue weighted by Crippen LogP contribution is -2.52. The van der Waals surface area contributed by atoms with Crippen LogP contribution in [0, 0.1) is 28.1 Å². The maximum Gasteiger partial charge on any atom is 0.240 e. The summed E-state index contributed by atoms with van der Waals surface area (Å²) in [7, 11) is 0. The number of nitrogens with one attached hydrogen (secondary N) is 1. The molecule has 0 heterocycles. The summed E-state index contributed by atoms with van der Waals surface area (Å²) in [5.74, 6) is 0.490. The van der Waals surface area contributed by atoms with Gasteiger partial charge in [-0.25, -0.2) is 0 Å². The highest BCUT2D eigenvalue weighted by Gasteiger charge is 2.49. The van der Waals surface area contributed by atoms with E-state index in [2.05, 4.69) is 32.2 Å². The summed E-state index contributed by atoms with van der Waals surface area (Å²) in [5.41, 5.74) is -0.399. The van der Waals surface area contributed by atoms with Crippen molar-refractivity contribution in [3.63, 3.8) is 0 Å². The molecule has 0 spiro atoms. The molecule has 1 N–H and O–H groups in total. The Labute approximate surface area is 110 Å². The van der Waals surface area contributed by atoms with Gasteiger partial charge in [0.25, 0.3) is 0 Å². The van der Waals surface area contributed by atoms with Gasteiger partial charge in [0.2, 0.25) is 5.91 Å². The third kappa shape index (κ3) is 2.53. The van der Waals surface area contributed by atoms with Crippen molar-refractivity contribution in [3.05, 3.63) is 0 Å². The number of hydrogen-bond acceptors (Lipinski definition) is 2. The smallest absolute Gasteiger partial charge is 0.240 e. The van der Waals surface area contributed by atoms with Crippen LogP contribution in [0.1, 0.15) is 59.3 Å². The van der Waals surface area contributed by atoms with E-state index < -0.39 is 5.41 Å². The highest BCUT2D eigenvalue weighted by atomic mass is 16.2. The summed E-state index contributed by atoms with van der Waals surface area (Å²) in [6.07, 6.45) is 5.96. The van der Waals surface area contributed by atoms with Gasteiger partial charge in [-0.2, -0.15) is 5.26 Å². The second kappa shape index (κ2) is 4.57. The van der Waals surface area contributed by atoms with Gasteiger partial charge in [-0.05, 0) is 43.4 Å². The summed E-state index contributed by atoms with van der Waals surface area (Å²) in [4.78, 5) is 12.3. The van der Waals surface area contributed by atoms with Crippen molar-refractivity contribution in [3.8, 4) is 6.07 Å². The van der Waals surface area contributed by atoms with Crippen molar-refractivity contribution in [2.24, 2.45) is 16.7 Å². The molecule has 0 radical (unpaired) electrons. The van der Waals surface area contributed by atoms with Crippen LogP contribution in [-0.2, 0) is 4.79 Å². The Balaban J connectivity index is 1.94. The van der Waals surface area contributed by atoms with Crippen LogP contribution in [0.2, 0.25) is 0 Å². The molecule has 18 heavy (non-hydrogen) atoms. The molecular formula is C15H24N2O. The van der Waals surface area contributed by atoms with E-state index in [-0.39, 0.29) is 11.9 Å². The van der Waals surface area contributed by atoms with Gasteiger partial charge in [0.1, 0.15) is 5.41 Å². The first-order valence-electron chi connectivity index (χ1n) is 7.09. The Bertz CT molecular complexity index is 374. The molecule has 1 unspecified atom stereocenters. The standard InChI is InChI=1S/C15H24N2O/c1-11-7-15(8-11,10-16)13(18)17-12-5-4-6-14(2,3)9-12/h11-12H,4-9H2,1-3H3,(H,17,18). The van der Waals surface area contributed by atoms with Crippen LogP contribution >= 0.6 is 0 Å². The quantitative estimate of drug-likeness (QED) is 0.816. The zero-order valence-corrected chi connectivity index (χ0v) is 11.8. The van der Waals surface area contributed by atoms with Gasteiger partial charge in [-0.3, -0.25) is 4.79 Å². The van der Waals surface area contributed by atoms with Crippen molar-refractivity contribution < 1.29 is 4.79 Å². The van der Waals surface area contributed by atoms with Crippen LogP contribution in [-0.4, -0.2) is 11.9 Å². The fraction of sp³-hybridized carbons (Fsp3) is 0.867. The Morgan fingerprint density at radius 1 is 1.33 bits per heavy atom. The second-order valence-corrected chi connectivity index (χ2v) is 7.14. The average molecular weight is 248 g/mol. The molecule has 0 aromatic carbocycles. The van der Waals surface area contributed by atoms with Gasteiger partial charge in [-0.1, -0.05) is 27.2 Å². The van der Waals surface area contributed by atoms with Crippen LogP contribution in [0.15, 0.2) is 0 Å². The maximum absolute atomic E-state index is 12.3. The third-order valence-corrected chi connectivity index (χ3v) is 4.58. The normalized spacial score (nSPS) is 38.3. The molecule has 3 heteroatoms. The molecule has 2 aliphatic carbocycles. The van der Waals surface area contributed by atoms with Gasteiger partial charge in [0, 0.05) is 6.04 Å². The fourth-order valence-corrected chi connectivity index (χ4v) is 3.60. The first kappa shape index (κ1) is 13.4. The minimum absolute atomic E-state index is 0.0224. The molecule has 2 aliphatic rings. The van der Waals surface area contributed by atoms with E-state index in [1.807, 2.05) is 0 Å². The number of rotatable bonds is 2. The molecule has 100 valence electrons. The number of nitrogens with zero attached hydrogens (tertiary/aromatic N) is 1. The van der Waals surface area contributed by atoms with E-state index in [1.165, 1.54) is 12.8 Å². The van der Waals surface area contributed by atoms with Crippen molar-refractivity contribution in [2.75, 3.05) is 0 Å². The molecule has 1 atom stereocenters. The Morgan fingerprint density at radius 3 is 2.50 bits per heavy atom. The zero-order valence-electron chi connectivity index (χ0n) is 11.8. The topological polar surface area (TPSA) is 52.9 Å². The number of nitriles is 1. The number of amides is 1. The second-order valence-electron chi connectivity index (χ2n) is 7.14. The summed E-state index contributed by atoms with van der Waals surface area (Å²) < 4.78 is 0. The van der Waals surface area contributed by atoms with Crippen LogP contribution in [0.4, 0.5) is 0 Å². The largest absolute Gasteiger partial charge is 0.352 e. The van der Waals surface area contributed by atoms with Crippen molar-refractivity contribution >= 4 is 5.91 Å². The SMILES string of the molecule is CC1CC(C#N)(C(=O)NC2CCCC(C)(C)C2)C1. The van der Waals surface area contributed by atoms with Gasteiger partial charge in [0.05, 0.1) is 6.07 Å². The highest BCUT2D eigenvalue weighted by molar-refractivity contribution is 5.86. The average Bonchev–Trinajstić information content (AvgIpc) is 2.22. The van der Waals surface area contributed by atoms with Crippen LogP contribution in [0.5, 0.6) is 0 Å². The van der Waals surface area contributed by atoms with E-state index >= 15 is 0 Å². The van der Waals surface area contributed by atoms with Gasteiger partial charge in [-0.15, -0.1) is 0 Å². The summed E-state index contributed by atoms with van der Waals surface area (Å²) >= 11 is 0. The molecular weight excluding hydrogens is 224 g/mol. The third-order valence-electron chi connectivity index (χ3n) is 4.58. The van der Waals surface area contributed by atoms with Crippen LogP contribution < -0.4 is 5.32 Å². The predicted molar refractivity (Wildman–Crippen MR) is 70.6 cm³/mol. The van der Waals surface area contributed by atoms with Crippen LogP contribution in [0.3, 0.4) is 0 Å². The van der Waals surface area contributed by atoms with Gasteiger partial charge >= 0.3 is 0 Å². The van der Waals surface area contributed by atoms with Gasteiger partial charge in [0.15, 0.2) is 0 Å². The molecule has 0 bridgehead atoms. The summed E-state index contributed by atoms with van der Waals surface area (Å²) in [6, 6.07) is 2.51. The van der Waals surface area contributed by atoms with Crippen molar-refractivity contribution in [1.29, 1.82) is 5.26 Å². The van der Waals surface area contributed by atoms with E-state index in [1.54, 1.807) is 0 Å². The van der Waals surface area contributed by atoms with E-state index in [4.69, 9.17) is 0 Å². The molecule has 1 amide bonds. The first-order chi connectivity index (χ1) is 8.37. The highest BCUT2D eigenvalue weighted by Crippen LogP contribution is 2.45. The van der Waals surface area contributed by atoms with Crippen molar-refractivity contribution in [1.82, 2.24) is 5.32 Å². The van der Waals surface area contributed by atoms with Crippen molar-refractivity contribution in [2.45, 2.75) is 65.3 Å². The van der Waals surface area contributed by atoms with E-state index in [0.717, 1.165) is 25.7 Å². The predicted octanol–water partition coefficient (Wildman–Crippen LogP) is 3.01. The fourth-order valence-electron chi connectivity index (χ4n) is 3.60. The first-order valence-corrected chi connectivity index (χ1v) is 7.09. The number of carbonyl (C=O) groups is 1. The van der Waals surface area contributed by atoms with Crippen LogP contribution in [0.25, 0.3) is 0 Å². The monoisotopic (exact) mass is 248 g/mol. The number of carbonyl (C=O) groups excluding carboxylic acids is 1. The Kier molecular flexibility index (Phi) is 3.40. The zero-order chi connectivity index (χ0) is 13.4. The molecule has 3 nitrogen and oxygen atoms in total. The lowest BCUT2D eigenvalue weighted by Gasteiger charge is -2.42. The number of hydrogen-bond donors (Lipinski definition) is 1. The Morgan fingerprint density at radius 2 is 2.00 bits per heavy atom. The molecule has 2 saturated carbocycles. The molecule has 0 aromatic rings. The lowest BCUT2D eigenvalue weighted by molar-refractivity contribution is -0.135. The Hall–Kier alpha value is -1.04. The molecule has 2 fully saturated rings. The summed E-state index contributed by atoms with van der Waals surface area (Å²) in [6.45, 7) is 6.63. The molecule has 0 saturated heterocycles. The molecule has 0 aromatic heterocycles. The molecule has 2 rings (SSSR count). The minimum atomic E-state index is -0.721. The molecule has 0 aliphatic heterocycles. The summed E-state index contributed by atoms with van der Waals surface area (Å²) in [5, 5.41) is 12.4. The maximum atomic E-state index is 12.3. The lowest BCUT2D eigenvalue weighted by atomic mass is 9.62. The van der Waals surface area contributed by atoms with E-state index in [0.29, 0.717) is 11.3 Å². The minimum Gasteiger partial charge on any atom is -0.352 e. The van der Waals surface area contributed by atoms with Gasteiger partial charge < -0.3 is 5.32 Å².